The Balaban J connectivity index is 1.63. The van der Waals surface area contributed by atoms with Crippen LogP contribution in [0.2, 0.25) is 5.02 Å². The summed E-state index contributed by atoms with van der Waals surface area (Å²) < 4.78 is 4.23. The van der Waals surface area contributed by atoms with Gasteiger partial charge in [0.2, 0.25) is 11.0 Å². The molecule has 7 heteroatoms. The van der Waals surface area contributed by atoms with Crippen LogP contribution >= 0.6 is 34.5 Å². The van der Waals surface area contributed by atoms with E-state index in [1.807, 2.05) is 29.6 Å². The quantitative estimate of drug-likeness (QED) is 0.703. The number of halogens is 1. The Morgan fingerprint density at radius 1 is 1.23 bits per heavy atom. The summed E-state index contributed by atoms with van der Waals surface area (Å²) in [5.74, 6) is 0.390. The molecule has 0 saturated carbocycles. The molecule has 4 nitrogen and oxygen atoms in total. The first-order valence-electron chi connectivity index (χ1n) is 6.33. The molecule has 0 bridgehead atoms. The molecule has 1 N–H and O–H groups in total. The standard InChI is InChI=1S/C15H10ClN3OS2/c16-11-6-3-10(4-7-11)5-8-13(20)17-15-18-14(19-22-15)12-2-1-9-21-12/h1-9H,(H,17,18,19,20). The first kappa shape index (κ1) is 14.9. The van der Waals surface area contributed by atoms with E-state index >= 15 is 0 Å². The number of anilines is 1. The number of benzene rings is 1. The van der Waals surface area contributed by atoms with Crippen LogP contribution in [0.25, 0.3) is 16.8 Å². The maximum atomic E-state index is 11.9. The van der Waals surface area contributed by atoms with Gasteiger partial charge in [-0.3, -0.25) is 10.1 Å². The molecular weight excluding hydrogens is 338 g/mol. The Morgan fingerprint density at radius 2 is 2.05 bits per heavy atom. The van der Waals surface area contributed by atoms with Crippen LogP contribution in [-0.4, -0.2) is 15.3 Å². The highest BCUT2D eigenvalue weighted by Crippen LogP contribution is 2.24. The Bertz CT molecular complexity index is 795. The third-order valence-corrected chi connectivity index (χ3v) is 4.44. The third kappa shape index (κ3) is 3.79. The molecule has 110 valence electrons. The van der Waals surface area contributed by atoms with E-state index in [-0.39, 0.29) is 5.91 Å². The number of nitrogens with one attached hydrogen (secondary N) is 1. The van der Waals surface area contributed by atoms with E-state index in [0.717, 1.165) is 22.0 Å². The molecular formula is C15H10ClN3OS2. The molecule has 2 heterocycles. The van der Waals surface area contributed by atoms with E-state index in [4.69, 9.17) is 11.6 Å². The molecule has 0 aliphatic rings. The summed E-state index contributed by atoms with van der Waals surface area (Å²) in [6.07, 6.45) is 3.17. The van der Waals surface area contributed by atoms with Crippen molar-refractivity contribution in [2.75, 3.05) is 5.32 Å². The summed E-state index contributed by atoms with van der Waals surface area (Å²) >= 11 is 8.53. The van der Waals surface area contributed by atoms with Crippen molar-refractivity contribution >= 4 is 51.6 Å². The number of hydrogen-bond acceptors (Lipinski definition) is 5. The van der Waals surface area contributed by atoms with E-state index in [2.05, 4.69) is 14.7 Å². The number of carbonyl (C=O) groups is 1. The number of amides is 1. The van der Waals surface area contributed by atoms with Crippen molar-refractivity contribution in [3.8, 4) is 10.7 Å². The number of aromatic nitrogens is 2. The fourth-order valence-corrected chi connectivity index (χ4v) is 3.10. The number of carbonyl (C=O) groups excluding carboxylic acids is 1. The fraction of sp³-hybridized carbons (Fsp3) is 0. The molecule has 3 aromatic rings. The van der Waals surface area contributed by atoms with E-state index in [9.17, 15) is 4.79 Å². The second-order valence-electron chi connectivity index (χ2n) is 4.27. The van der Waals surface area contributed by atoms with Gasteiger partial charge in [0.1, 0.15) is 0 Å². The van der Waals surface area contributed by atoms with Gasteiger partial charge in [0, 0.05) is 22.6 Å². The highest BCUT2D eigenvalue weighted by atomic mass is 35.5. The van der Waals surface area contributed by atoms with Crippen LogP contribution in [0.4, 0.5) is 5.13 Å². The number of hydrogen-bond donors (Lipinski definition) is 1. The normalized spacial score (nSPS) is 11.0. The van der Waals surface area contributed by atoms with Crippen LogP contribution < -0.4 is 5.32 Å². The van der Waals surface area contributed by atoms with Gasteiger partial charge in [-0.1, -0.05) is 29.8 Å². The van der Waals surface area contributed by atoms with Crippen LogP contribution in [-0.2, 0) is 4.79 Å². The van der Waals surface area contributed by atoms with Crippen LogP contribution in [0.15, 0.2) is 47.9 Å². The monoisotopic (exact) mass is 347 g/mol. The van der Waals surface area contributed by atoms with Crippen molar-refractivity contribution < 1.29 is 4.79 Å². The lowest BCUT2D eigenvalue weighted by molar-refractivity contribution is -0.111. The highest BCUT2D eigenvalue weighted by Gasteiger charge is 2.08. The van der Waals surface area contributed by atoms with Gasteiger partial charge in [-0.05, 0) is 35.2 Å². The summed E-state index contributed by atoms with van der Waals surface area (Å²) in [6.45, 7) is 0. The van der Waals surface area contributed by atoms with Crippen molar-refractivity contribution in [2.45, 2.75) is 0 Å². The Hall–Kier alpha value is -2.02. The fourth-order valence-electron chi connectivity index (χ4n) is 1.67. The zero-order valence-electron chi connectivity index (χ0n) is 11.2. The molecule has 0 fully saturated rings. The number of thiophene rings is 1. The van der Waals surface area contributed by atoms with Gasteiger partial charge in [-0.25, -0.2) is 0 Å². The Morgan fingerprint density at radius 3 is 2.77 bits per heavy atom. The molecule has 1 aromatic carbocycles. The van der Waals surface area contributed by atoms with Crippen molar-refractivity contribution in [3.63, 3.8) is 0 Å². The zero-order valence-corrected chi connectivity index (χ0v) is 13.6. The molecule has 0 radical (unpaired) electrons. The summed E-state index contributed by atoms with van der Waals surface area (Å²) in [4.78, 5) is 17.1. The van der Waals surface area contributed by atoms with Crippen LogP contribution in [0.5, 0.6) is 0 Å². The minimum absolute atomic E-state index is 0.246. The van der Waals surface area contributed by atoms with Crippen molar-refractivity contribution in [3.05, 3.63) is 58.4 Å². The smallest absolute Gasteiger partial charge is 0.250 e. The number of nitrogens with zero attached hydrogens (tertiary/aromatic N) is 2. The molecule has 0 aliphatic carbocycles. The van der Waals surface area contributed by atoms with E-state index in [0.29, 0.717) is 16.0 Å². The molecule has 2 aromatic heterocycles. The summed E-state index contributed by atoms with van der Waals surface area (Å²) in [7, 11) is 0. The van der Waals surface area contributed by atoms with E-state index < -0.39 is 0 Å². The topological polar surface area (TPSA) is 54.9 Å². The lowest BCUT2D eigenvalue weighted by Gasteiger charge is -1.96. The molecule has 0 unspecified atom stereocenters. The van der Waals surface area contributed by atoms with Gasteiger partial charge in [-0.2, -0.15) is 9.36 Å². The second kappa shape index (κ2) is 6.83. The first-order chi connectivity index (χ1) is 10.7. The maximum Gasteiger partial charge on any atom is 0.250 e. The minimum atomic E-state index is -0.246. The largest absolute Gasteiger partial charge is 0.297 e. The summed E-state index contributed by atoms with van der Waals surface area (Å²) in [6, 6.07) is 11.1. The van der Waals surface area contributed by atoms with Crippen LogP contribution in [0.3, 0.4) is 0 Å². The Kier molecular flexibility index (Phi) is 4.62. The van der Waals surface area contributed by atoms with Crippen LogP contribution in [0.1, 0.15) is 5.56 Å². The third-order valence-electron chi connectivity index (χ3n) is 2.69. The first-order valence-corrected chi connectivity index (χ1v) is 8.36. The summed E-state index contributed by atoms with van der Waals surface area (Å²) in [5, 5.41) is 5.81. The minimum Gasteiger partial charge on any atom is -0.297 e. The molecule has 22 heavy (non-hydrogen) atoms. The van der Waals surface area contributed by atoms with E-state index in [1.165, 1.54) is 6.08 Å². The molecule has 0 atom stereocenters. The number of rotatable bonds is 4. The van der Waals surface area contributed by atoms with E-state index in [1.54, 1.807) is 29.5 Å². The molecule has 3 rings (SSSR count). The Labute approximate surface area is 140 Å². The van der Waals surface area contributed by atoms with Gasteiger partial charge in [0.15, 0.2) is 5.82 Å². The van der Waals surface area contributed by atoms with Gasteiger partial charge >= 0.3 is 0 Å². The van der Waals surface area contributed by atoms with Crippen molar-refractivity contribution in [1.82, 2.24) is 9.36 Å². The average molecular weight is 348 g/mol. The van der Waals surface area contributed by atoms with Crippen molar-refractivity contribution in [1.29, 1.82) is 0 Å². The molecule has 0 saturated heterocycles. The van der Waals surface area contributed by atoms with Gasteiger partial charge in [0.25, 0.3) is 0 Å². The maximum absolute atomic E-state index is 11.9. The predicted molar refractivity (Wildman–Crippen MR) is 92.3 cm³/mol. The van der Waals surface area contributed by atoms with Gasteiger partial charge < -0.3 is 0 Å². The lowest BCUT2D eigenvalue weighted by Crippen LogP contribution is -2.07. The van der Waals surface area contributed by atoms with Crippen molar-refractivity contribution in [2.24, 2.45) is 0 Å². The summed E-state index contributed by atoms with van der Waals surface area (Å²) in [5.41, 5.74) is 0.899. The van der Waals surface area contributed by atoms with Gasteiger partial charge in [-0.15, -0.1) is 11.3 Å². The SMILES string of the molecule is O=C(C=Cc1ccc(Cl)cc1)Nc1nc(-c2cccs2)ns1. The molecule has 0 spiro atoms. The molecule has 0 aliphatic heterocycles. The zero-order chi connectivity index (χ0) is 15.4. The average Bonchev–Trinajstić information content (AvgIpc) is 3.17. The highest BCUT2D eigenvalue weighted by molar-refractivity contribution is 7.14. The van der Waals surface area contributed by atoms with Gasteiger partial charge in [0.05, 0.1) is 4.88 Å². The second-order valence-corrected chi connectivity index (χ2v) is 6.41. The lowest BCUT2D eigenvalue weighted by atomic mass is 10.2. The predicted octanol–water partition coefficient (Wildman–Crippen LogP) is 4.57. The van der Waals surface area contributed by atoms with Crippen LogP contribution in [0, 0.1) is 0 Å². The molecule has 1 amide bonds.